The van der Waals surface area contributed by atoms with Gasteiger partial charge >= 0.3 is 6.09 Å². The van der Waals surface area contributed by atoms with E-state index in [1.54, 1.807) is 12.1 Å². The molecule has 2 aromatic rings. The van der Waals surface area contributed by atoms with Crippen LogP contribution in [0.3, 0.4) is 0 Å². The summed E-state index contributed by atoms with van der Waals surface area (Å²) >= 11 is 5.74. The number of carbonyl (C=O) groups excluding carboxylic acids is 3. The van der Waals surface area contributed by atoms with Crippen LogP contribution in [-0.2, 0) is 23.8 Å². The largest absolute Gasteiger partial charge is 0.445 e. The number of rotatable bonds is 7. The van der Waals surface area contributed by atoms with Crippen molar-refractivity contribution in [1.82, 2.24) is 4.90 Å². The molecule has 2 aliphatic heterocycles. The second kappa shape index (κ2) is 11.5. The standard InChI is InChI=1S/C24H25ClFN3O7/c1-2-34-17-12-23(29(13-17)21(30)8-5-16-4-7-20(25)35-16)36-24(32)27-19-6-3-15(11-18(19)26)28-9-10-33-14-22(28)31/h3-8,11,17,23H,2,9-10,12-14H2,1H3,(H,27,32)/b8-5+/t17-,23-/m1/s1. The second-order valence-electron chi connectivity index (χ2n) is 8.03. The maximum atomic E-state index is 14.7. The number of halogens is 2. The van der Waals surface area contributed by atoms with Crippen LogP contribution in [0, 0.1) is 5.82 Å². The summed E-state index contributed by atoms with van der Waals surface area (Å²) in [7, 11) is 0. The van der Waals surface area contributed by atoms with Crippen molar-refractivity contribution in [3.8, 4) is 0 Å². The van der Waals surface area contributed by atoms with Gasteiger partial charge in [-0.05, 0) is 54.9 Å². The number of nitrogens with one attached hydrogen (secondary N) is 1. The molecule has 4 rings (SSSR count). The first kappa shape index (κ1) is 25.7. The summed E-state index contributed by atoms with van der Waals surface area (Å²) in [4.78, 5) is 40.1. The molecule has 0 spiro atoms. The fraction of sp³-hybridized carbons (Fsp3) is 0.375. The highest BCUT2D eigenvalue weighted by molar-refractivity contribution is 6.28. The van der Waals surface area contributed by atoms with Crippen molar-refractivity contribution < 1.29 is 37.4 Å². The molecule has 12 heteroatoms. The number of furan rings is 1. The Morgan fingerprint density at radius 1 is 1.31 bits per heavy atom. The first-order valence-electron chi connectivity index (χ1n) is 11.3. The molecule has 2 saturated heterocycles. The molecule has 0 radical (unpaired) electrons. The maximum Gasteiger partial charge on any atom is 0.413 e. The minimum absolute atomic E-state index is 0.0717. The van der Waals surface area contributed by atoms with Crippen molar-refractivity contribution in [3.63, 3.8) is 0 Å². The molecule has 0 aliphatic carbocycles. The van der Waals surface area contributed by atoms with Crippen LogP contribution in [0.1, 0.15) is 19.1 Å². The van der Waals surface area contributed by atoms with Crippen molar-refractivity contribution in [2.45, 2.75) is 25.7 Å². The predicted octanol–water partition coefficient (Wildman–Crippen LogP) is 3.66. The van der Waals surface area contributed by atoms with E-state index in [1.165, 1.54) is 34.1 Å². The lowest BCUT2D eigenvalue weighted by molar-refractivity contribution is -0.132. The second-order valence-corrected chi connectivity index (χ2v) is 8.40. The normalized spacial score (nSPS) is 20.2. The molecular weight excluding hydrogens is 497 g/mol. The summed E-state index contributed by atoms with van der Waals surface area (Å²) in [5.74, 6) is -1.05. The van der Waals surface area contributed by atoms with Crippen molar-refractivity contribution in [3.05, 3.63) is 53.2 Å². The van der Waals surface area contributed by atoms with Crippen LogP contribution in [0.15, 0.2) is 40.8 Å². The summed E-state index contributed by atoms with van der Waals surface area (Å²) in [5.41, 5.74) is 0.229. The van der Waals surface area contributed by atoms with Gasteiger partial charge in [0.1, 0.15) is 18.2 Å². The molecule has 0 bridgehead atoms. The van der Waals surface area contributed by atoms with Gasteiger partial charge in [0, 0.05) is 31.3 Å². The molecule has 2 aliphatic rings. The summed E-state index contributed by atoms with van der Waals surface area (Å²) in [5, 5.41) is 2.54. The minimum atomic E-state index is -0.939. The Hall–Kier alpha value is -3.41. The Kier molecular flexibility index (Phi) is 8.24. The van der Waals surface area contributed by atoms with Crippen LogP contribution in [0.4, 0.5) is 20.6 Å². The van der Waals surface area contributed by atoms with E-state index < -0.39 is 24.0 Å². The molecular formula is C24H25ClFN3O7. The Bertz CT molecular complexity index is 1150. The monoisotopic (exact) mass is 521 g/mol. The molecule has 2 fully saturated rings. The van der Waals surface area contributed by atoms with E-state index in [-0.39, 0.29) is 42.5 Å². The number of nitrogens with zero attached hydrogens (tertiary/aromatic N) is 2. The zero-order chi connectivity index (χ0) is 25.7. The number of hydrogen-bond acceptors (Lipinski definition) is 7. The first-order valence-corrected chi connectivity index (χ1v) is 11.7. The van der Waals surface area contributed by atoms with E-state index in [0.29, 0.717) is 31.2 Å². The molecule has 192 valence electrons. The Labute approximate surface area is 211 Å². The van der Waals surface area contributed by atoms with Gasteiger partial charge in [0.25, 0.3) is 5.91 Å². The number of ether oxygens (including phenoxy) is 3. The third kappa shape index (κ3) is 6.23. The maximum absolute atomic E-state index is 14.7. The highest BCUT2D eigenvalue weighted by Gasteiger charge is 2.37. The van der Waals surface area contributed by atoms with Crippen molar-refractivity contribution in [2.24, 2.45) is 0 Å². The molecule has 10 nitrogen and oxygen atoms in total. The van der Waals surface area contributed by atoms with Crippen LogP contribution in [0.2, 0.25) is 5.22 Å². The zero-order valence-electron chi connectivity index (χ0n) is 19.4. The minimum Gasteiger partial charge on any atom is -0.445 e. The van der Waals surface area contributed by atoms with Gasteiger partial charge in [0.2, 0.25) is 5.91 Å². The lowest BCUT2D eigenvalue weighted by atomic mass is 10.2. The Morgan fingerprint density at radius 2 is 2.14 bits per heavy atom. The molecule has 0 unspecified atom stereocenters. The van der Waals surface area contributed by atoms with Crippen molar-refractivity contribution >= 4 is 47.0 Å². The Balaban J connectivity index is 1.40. The average molecular weight is 522 g/mol. The molecule has 1 aromatic carbocycles. The fourth-order valence-electron chi connectivity index (χ4n) is 3.96. The lowest BCUT2D eigenvalue weighted by Crippen LogP contribution is -2.41. The molecule has 3 heterocycles. The summed E-state index contributed by atoms with van der Waals surface area (Å²) in [6, 6.07) is 7.17. The number of benzene rings is 1. The SMILES string of the molecule is CCO[C@@H]1C[C@@H](OC(=O)Nc2ccc(N3CCOCC3=O)cc2F)N(C(=O)/C=C/c2ccc(Cl)o2)C1. The van der Waals surface area contributed by atoms with Crippen LogP contribution < -0.4 is 10.2 Å². The molecule has 3 amide bonds. The Morgan fingerprint density at radius 3 is 2.83 bits per heavy atom. The van der Waals surface area contributed by atoms with Crippen molar-refractivity contribution in [1.29, 1.82) is 0 Å². The van der Waals surface area contributed by atoms with Gasteiger partial charge in [-0.3, -0.25) is 14.9 Å². The fourth-order valence-corrected chi connectivity index (χ4v) is 4.11. The predicted molar refractivity (Wildman–Crippen MR) is 128 cm³/mol. The van der Waals surface area contributed by atoms with Crippen LogP contribution in [0.5, 0.6) is 0 Å². The van der Waals surface area contributed by atoms with Gasteiger partial charge < -0.3 is 28.4 Å². The average Bonchev–Trinajstić information content (AvgIpc) is 3.45. The smallest absolute Gasteiger partial charge is 0.413 e. The highest BCUT2D eigenvalue weighted by Crippen LogP contribution is 2.26. The van der Waals surface area contributed by atoms with Crippen LogP contribution in [0.25, 0.3) is 6.08 Å². The molecule has 0 saturated carbocycles. The van der Waals surface area contributed by atoms with Gasteiger partial charge in [-0.2, -0.15) is 0 Å². The third-order valence-electron chi connectivity index (χ3n) is 5.61. The quantitative estimate of drug-likeness (QED) is 0.553. The lowest BCUT2D eigenvalue weighted by Gasteiger charge is -2.27. The van der Waals surface area contributed by atoms with Crippen molar-refractivity contribution in [2.75, 3.05) is 43.1 Å². The number of morpholine rings is 1. The zero-order valence-corrected chi connectivity index (χ0v) is 20.2. The summed E-state index contributed by atoms with van der Waals surface area (Å²) in [6.07, 6.45) is 0.801. The molecule has 2 atom stereocenters. The van der Waals surface area contributed by atoms with Gasteiger partial charge in [0.05, 0.1) is 24.9 Å². The molecule has 1 N–H and O–H groups in total. The van der Waals surface area contributed by atoms with E-state index in [1.807, 2.05) is 6.92 Å². The topological polar surface area (TPSA) is 111 Å². The number of hydrogen-bond donors (Lipinski definition) is 1. The summed E-state index contributed by atoms with van der Waals surface area (Å²) < 4.78 is 36.0. The number of carbonyl (C=O) groups is 3. The van der Waals surface area contributed by atoms with E-state index in [4.69, 9.17) is 30.2 Å². The van der Waals surface area contributed by atoms with Gasteiger partial charge in [-0.25, -0.2) is 9.18 Å². The third-order valence-corrected chi connectivity index (χ3v) is 5.82. The van der Waals surface area contributed by atoms with E-state index >= 15 is 0 Å². The van der Waals surface area contributed by atoms with Crippen LogP contribution in [-0.4, -0.2) is 68.0 Å². The van der Waals surface area contributed by atoms with Gasteiger partial charge in [0.15, 0.2) is 11.4 Å². The number of anilines is 2. The highest BCUT2D eigenvalue weighted by atomic mass is 35.5. The van der Waals surface area contributed by atoms with E-state index in [2.05, 4.69) is 5.32 Å². The van der Waals surface area contributed by atoms with Crippen LogP contribution >= 0.6 is 11.6 Å². The summed E-state index contributed by atoms with van der Waals surface area (Å²) in [6.45, 7) is 3.05. The number of likely N-dealkylation sites (tertiary alicyclic amines) is 1. The van der Waals surface area contributed by atoms with E-state index in [9.17, 15) is 18.8 Å². The molecule has 36 heavy (non-hydrogen) atoms. The first-order chi connectivity index (χ1) is 17.3. The van der Waals surface area contributed by atoms with E-state index in [0.717, 1.165) is 6.07 Å². The van der Waals surface area contributed by atoms with Gasteiger partial charge in [-0.15, -0.1) is 0 Å². The number of amides is 3. The molecule has 1 aromatic heterocycles. The van der Waals surface area contributed by atoms with Gasteiger partial charge in [-0.1, -0.05) is 0 Å².